The number of ketones is 1. The molecule has 0 aliphatic carbocycles. The van der Waals surface area contributed by atoms with E-state index in [2.05, 4.69) is 0 Å². The summed E-state index contributed by atoms with van der Waals surface area (Å²) in [6, 6.07) is 6.01. The minimum atomic E-state index is -0.666. The number of benzene rings is 1. The summed E-state index contributed by atoms with van der Waals surface area (Å²) in [5.74, 6) is -0.134. The van der Waals surface area contributed by atoms with Crippen LogP contribution >= 0.6 is 11.6 Å². The molecule has 4 heteroatoms. The molecule has 1 aromatic carbocycles. The van der Waals surface area contributed by atoms with Gasteiger partial charge in [-0.2, -0.15) is 5.26 Å². The standard InChI is InChI=1S/C10H9ClN2O/c1-6(14)10(13)7-2-3-8(5-12)9(11)4-7/h2-4,10H,13H2,1H3. The van der Waals surface area contributed by atoms with Gasteiger partial charge in [0.2, 0.25) is 0 Å². The van der Waals surface area contributed by atoms with Gasteiger partial charge in [0.25, 0.3) is 0 Å². The molecule has 3 nitrogen and oxygen atoms in total. The lowest BCUT2D eigenvalue weighted by molar-refractivity contribution is -0.118. The highest BCUT2D eigenvalue weighted by atomic mass is 35.5. The van der Waals surface area contributed by atoms with Gasteiger partial charge in [-0.3, -0.25) is 4.79 Å². The summed E-state index contributed by atoms with van der Waals surface area (Å²) < 4.78 is 0. The molecule has 1 aromatic rings. The number of Topliss-reactive ketones (excluding diaryl/α,β-unsaturated/α-hetero) is 1. The van der Waals surface area contributed by atoms with E-state index in [1.165, 1.54) is 6.92 Å². The summed E-state index contributed by atoms with van der Waals surface area (Å²) in [6.45, 7) is 1.41. The first kappa shape index (κ1) is 10.7. The SMILES string of the molecule is CC(=O)C(N)c1ccc(C#N)c(Cl)c1. The van der Waals surface area contributed by atoms with Crippen molar-refractivity contribution in [1.82, 2.24) is 0 Å². The van der Waals surface area contributed by atoms with Crippen molar-refractivity contribution in [2.75, 3.05) is 0 Å². The first-order chi connectivity index (χ1) is 6.56. The first-order valence-electron chi connectivity index (χ1n) is 4.02. The normalized spacial score (nSPS) is 11.9. The molecule has 2 N–H and O–H groups in total. The predicted octanol–water partition coefficient (Wildman–Crippen LogP) is 1.80. The van der Waals surface area contributed by atoms with Gasteiger partial charge in [-0.05, 0) is 24.6 Å². The van der Waals surface area contributed by atoms with E-state index in [-0.39, 0.29) is 5.78 Å². The highest BCUT2D eigenvalue weighted by molar-refractivity contribution is 6.31. The third-order valence-corrected chi connectivity index (χ3v) is 2.22. The molecular weight excluding hydrogens is 200 g/mol. The summed E-state index contributed by atoms with van der Waals surface area (Å²) in [5, 5.41) is 8.95. The average molecular weight is 209 g/mol. The van der Waals surface area contributed by atoms with Crippen molar-refractivity contribution in [1.29, 1.82) is 5.26 Å². The summed E-state index contributed by atoms with van der Waals surface area (Å²) >= 11 is 5.79. The largest absolute Gasteiger partial charge is 0.318 e. The molecule has 0 fully saturated rings. The van der Waals surface area contributed by atoms with Crippen molar-refractivity contribution in [3.8, 4) is 6.07 Å². The van der Waals surface area contributed by atoms with E-state index in [1.807, 2.05) is 6.07 Å². The number of carbonyl (C=O) groups excluding carboxylic acids is 1. The Labute approximate surface area is 87.1 Å². The summed E-state index contributed by atoms with van der Waals surface area (Å²) in [7, 11) is 0. The topological polar surface area (TPSA) is 66.9 Å². The van der Waals surface area contributed by atoms with Crippen LogP contribution in [-0.4, -0.2) is 5.78 Å². The van der Waals surface area contributed by atoms with Crippen LogP contribution in [0, 0.1) is 11.3 Å². The molecule has 1 unspecified atom stereocenters. The van der Waals surface area contributed by atoms with Crippen molar-refractivity contribution in [3.63, 3.8) is 0 Å². The Bertz CT molecular complexity index is 409. The van der Waals surface area contributed by atoms with E-state index in [0.29, 0.717) is 16.1 Å². The van der Waals surface area contributed by atoms with Crippen LogP contribution in [0.1, 0.15) is 24.1 Å². The van der Waals surface area contributed by atoms with Crippen molar-refractivity contribution < 1.29 is 4.79 Å². The number of halogens is 1. The molecule has 0 radical (unpaired) electrons. The van der Waals surface area contributed by atoms with Crippen molar-refractivity contribution in [3.05, 3.63) is 34.3 Å². The van der Waals surface area contributed by atoms with Gasteiger partial charge in [-0.1, -0.05) is 17.7 Å². The minimum Gasteiger partial charge on any atom is -0.318 e. The van der Waals surface area contributed by atoms with E-state index in [4.69, 9.17) is 22.6 Å². The lowest BCUT2D eigenvalue weighted by atomic mass is 10.0. The van der Waals surface area contributed by atoms with Crippen molar-refractivity contribution in [2.45, 2.75) is 13.0 Å². The molecule has 0 aliphatic heterocycles. The van der Waals surface area contributed by atoms with Crippen LogP contribution in [0.4, 0.5) is 0 Å². The van der Waals surface area contributed by atoms with E-state index >= 15 is 0 Å². The molecule has 0 heterocycles. The van der Waals surface area contributed by atoms with E-state index < -0.39 is 6.04 Å². The van der Waals surface area contributed by atoms with Gasteiger partial charge in [-0.25, -0.2) is 0 Å². The van der Waals surface area contributed by atoms with Crippen LogP contribution in [0.5, 0.6) is 0 Å². The lowest BCUT2D eigenvalue weighted by Gasteiger charge is -2.08. The highest BCUT2D eigenvalue weighted by Crippen LogP contribution is 2.20. The van der Waals surface area contributed by atoms with Gasteiger partial charge in [0, 0.05) is 0 Å². The van der Waals surface area contributed by atoms with E-state index in [1.54, 1.807) is 18.2 Å². The maximum Gasteiger partial charge on any atom is 0.150 e. The van der Waals surface area contributed by atoms with Crippen molar-refractivity contribution >= 4 is 17.4 Å². The van der Waals surface area contributed by atoms with Crippen LogP contribution < -0.4 is 5.73 Å². The number of nitriles is 1. The number of nitrogens with two attached hydrogens (primary N) is 1. The number of rotatable bonds is 2. The highest BCUT2D eigenvalue weighted by Gasteiger charge is 2.12. The van der Waals surface area contributed by atoms with Gasteiger partial charge in [-0.15, -0.1) is 0 Å². The molecule has 1 atom stereocenters. The fraction of sp³-hybridized carbons (Fsp3) is 0.200. The molecule has 14 heavy (non-hydrogen) atoms. The molecule has 1 rings (SSSR count). The third-order valence-electron chi connectivity index (χ3n) is 1.91. The van der Waals surface area contributed by atoms with Gasteiger partial charge in [0.05, 0.1) is 16.6 Å². The average Bonchev–Trinajstić information content (AvgIpc) is 2.16. The maximum atomic E-state index is 11.0. The van der Waals surface area contributed by atoms with Crippen molar-refractivity contribution in [2.24, 2.45) is 5.73 Å². The monoisotopic (exact) mass is 208 g/mol. The second-order valence-electron chi connectivity index (χ2n) is 2.94. The van der Waals surface area contributed by atoms with Gasteiger partial charge < -0.3 is 5.73 Å². The van der Waals surface area contributed by atoms with Gasteiger partial charge in [0.15, 0.2) is 5.78 Å². The molecular formula is C10H9ClN2O. The first-order valence-corrected chi connectivity index (χ1v) is 4.39. The molecule has 0 amide bonds. The van der Waals surface area contributed by atoms with Gasteiger partial charge >= 0.3 is 0 Å². The number of carbonyl (C=O) groups is 1. The second-order valence-corrected chi connectivity index (χ2v) is 3.35. The zero-order valence-corrected chi connectivity index (χ0v) is 8.38. The van der Waals surface area contributed by atoms with Crippen LogP contribution in [0.25, 0.3) is 0 Å². The van der Waals surface area contributed by atoms with Crippen LogP contribution in [0.3, 0.4) is 0 Å². The second kappa shape index (κ2) is 4.23. The fourth-order valence-corrected chi connectivity index (χ4v) is 1.28. The zero-order chi connectivity index (χ0) is 10.7. The Morgan fingerprint density at radius 1 is 1.64 bits per heavy atom. The Morgan fingerprint density at radius 3 is 2.71 bits per heavy atom. The molecule has 0 saturated carbocycles. The predicted molar refractivity (Wildman–Crippen MR) is 53.8 cm³/mol. The lowest BCUT2D eigenvalue weighted by Crippen LogP contribution is -2.18. The fourth-order valence-electron chi connectivity index (χ4n) is 1.05. The molecule has 0 bridgehead atoms. The number of nitrogens with zero attached hydrogens (tertiary/aromatic N) is 1. The summed E-state index contributed by atoms with van der Waals surface area (Å²) in [6.07, 6.45) is 0. The van der Waals surface area contributed by atoms with E-state index in [0.717, 1.165) is 0 Å². The van der Waals surface area contributed by atoms with Crippen LogP contribution in [-0.2, 0) is 4.79 Å². The van der Waals surface area contributed by atoms with Gasteiger partial charge in [0.1, 0.15) is 6.07 Å². The Morgan fingerprint density at radius 2 is 2.29 bits per heavy atom. The molecule has 0 spiro atoms. The summed E-state index contributed by atoms with van der Waals surface area (Å²) in [4.78, 5) is 11.0. The minimum absolute atomic E-state index is 0.134. The maximum absolute atomic E-state index is 11.0. The summed E-state index contributed by atoms with van der Waals surface area (Å²) in [5.41, 5.74) is 6.61. The van der Waals surface area contributed by atoms with E-state index in [9.17, 15) is 4.79 Å². The number of hydrogen-bond donors (Lipinski definition) is 1. The van der Waals surface area contributed by atoms with Crippen LogP contribution in [0.15, 0.2) is 18.2 Å². The van der Waals surface area contributed by atoms with Crippen LogP contribution in [0.2, 0.25) is 5.02 Å². The molecule has 0 saturated heterocycles. The smallest absolute Gasteiger partial charge is 0.150 e. The quantitative estimate of drug-likeness (QED) is 0.806. The Hall–Kier alpha value is -1.37. The molecule has 0 aromatic heterocycles. The molecule has 0 aliphatic rings. The molecule has 72 valence electrons. The third kappa shape index (κ3) is 2.11. The zero-order valence-electron chi connectivity index (χ0n) is 7.62. The Kier molecular flexibility index (Phi) is 3.23. The number of hydrogen-bond acceptors (Lipinski definition) is 3. The Balaban J connectivity index is 3.10.